The zero-order valence-electron chi connectivity index (χ0n) is 19.4. The van der Waals surface area contributed by atoms with E-state index in [1.165, 1.54) is 0 Å². The second-order valence-electron chi connectivity index (χ2n) is 8.41. The maximum atomic E-state index is 12.6. The summed E-state index contributed by atoms with van der Waals surface area (Å²) in [5, 5.41) is 3.68. The first-order valence-electron chi connectivity index (χ1n) is 11.6. The molecule has 0 saturated carbocycles. The molecule has 0 saturated heterocycles. The van der Waals surface area contributed by atoms with Crippen LogP contribution in [0.25, 0.3) is 33.8 Å². The van der Waals surface area contributed by atoms with Crippen LogP contribution in [-0.4, -0.2) is 21.8 Å². The van der Waals surface area contributed by atoms with Crippen LogP contribution in [0.3, 0.4) is 0 Å². The van der Waals surface area contributed by atoms with Gasteiger partial charge in [-0.05, 0) is 40.5 Å². The van der Waals surface area contributed by atoms with Crippen molar-refractivity contribution in [1.29, 1.82) is 0 Å². The number of hydrogen-bond acceptors (Lipinski definition) is 3. The number of H-pyrrole nitrogens is 1. The number of nitrogens with two attached hydrogens (primary N) is 1. The fourth-order valence-corrected chi connectivity index (χ4v) is 4.10. The zero-order valence-corrected chi connectivity index (χ0v) is 19.4. The fourth-order valence-electron chi connectivity index (χ4n) is 4.10. The van der Waals surface area contributed by atoms with Crippen molar-refractivity contribution < 1.29 is 9.59 Å². The number of amides is 2. The smallest absolute Gasteiger partial charge is 0.249 e. The minimum absolute atomic E-state index is 0.152. The Labute approximate surface area is 208 Å². The maximum absolute atomic E-state index is 12.6. The van der Waals surface area contributed by atoms with E-state index in [1.807, 2.05) is 78.9 Å². The van der Waals surface area contributed by atoms with E-state index < -0.39 is 5.91 Å². The van der Waals surface area contributed by atoms with Gasteiger partial charge in [0.15, 0.2) is 0 Å². The number of nitrogens with one attached hydrogen (secondary N) is 2. The number of nitrogens with zero attached hydrogens (tertiary/aromatic N) is 1. The third kappa shape index (κ3) is 5.08. The molecule has 0 aliphatic carbocycles. The highest BCUT2D eigenvalue weighted by atomic mass is 16.2. The van der Waals surface area contributed by atoms with Crippen LogP contribution >= 0.6 is 0 Å². The Balaban J connectivity index is 1.30. The van der Waals surface area contributed by atoms with Crippen molar-refractivity contribution in [1.82, 2.24) is 9.97 Å². The van der Waals surface area contributed by atoms with Crippen molar-refractivity contribution in [2.24, 2.45) is 5.73 Å². The minimum Gasteiger partial charge on any atom is -0.366 e. The predicted octanol–water partition coefficient (Wildman–Crippen LogP) is 5.44. The molecule has 2 aromatic heterocycles. The standard InChI is InChI=1S/C30H24N4O2/c31-29(36)26(23-9-5-2-6-10-23)18-24-19-32-30-25(24)15-16-27(34-30)33-28(35)17-20-11-13-22(14-12-20)21-7-3-1-4-8-21/h1-16,18-19H,17H2,(H2,31,36)(H2,32,33,34,35). The predicted molar refractivity (Wildman–Crippen MR) is 144 cm³/mol. The Bertz CT molecular complexity index is 1550. The number of carbonyl (C=O) groups is 2. The fraction of sp³-hybridized carbons (Fsp3) is 0.0333. The third-order valence-electron chi connectivity index (χ3n) is 5.91. The number of carbonyl (C=O) groups excluding carboxylic acids is 2. The number of anilines is 1. The van der Waals surface area contributed by atoms with Crippen molar-refractivity contribution >= 4 is 40.3 Å². The summed E-state index contributed by atoms with van der Waals surface area (Å²) in [6.45, 7) is 0. The number of fused-ring (bicyclic) bond motifs is 1. The summed E-state index contributed by atoms with van der Waals surface area (Å²) in [6, 6.07) is 31.0. The van der Waals surface area contributed by atoms with Gasteiger partial charge in [0.1, 0.15) is 11.5 Å². The molecule has 0 aliphatic heterocycles. The molecule has 4 N–H and O–H groups in total. The lowest BCUT2D eigenvalue weighted by Crippen LogP contribution is -2.15. The van der Waals surface area contributed by atoms with Gasteiger partial charge in [-0.2, -0.15) is 0 Å². The van der Waals surface area contributed by atoms with E-state index in [-0.39, 0.29) is 12.3 Å². The molecule has 5 aromatic rings. The van der Waals surface area contributed by atoms with Crippen molar-refractivity contribution in [2.75, 3.05) is 5.32 Å². The van der Waals surface area contributed by atoms with Crippen LogP contribution in [0.15, 0.2) is 103 Å². The summed E-state index contributed by atoms with van der Waals surface area (Å²) >= 11 is 0. The van der Waals surface area contributed by atoms with Gasteiger partial charge in [-0.3, -0.25) is 9.59 Å². The van der Waals surface area contributed by atoms with Crippen LogP contribution < -0.4 is 11.1 Å². The summed E-state index contributed by atoms with van der Waals surface area (Å²) in [4.78, 5) is 32.3. The van der Waals surface area contributed by atoms with Gasteiger partial charge in [-0.25, -0.2) is 4.98 Å². The minimum atomic E-state index is -0.510. The molecule has 0 spiro atoms. The van der Waals surface area contributed by atoms with Crippen molar-refractivity contribution in [3.63, 3.8) is 0 Å². The van der Waals surface area contributed by atoms with Crippen LogP contribution in [0.5, 0.6) is 0 Å². The van der Waals surface area contributed by atoms with Gasteiger partial charge < -0.3 is 16.0 Å². The van der Waals surface area contributed by atoms with Crippen LogP contribution in [0.1, 0.15) is 16.7 Å². The SMILES string of the molecule is NC(=O)C(=Cc1c[nH]c2nc(NC(=O)Cc3ccc(-c4ccccc4)cc3)ccc12)c1ccccc1. The monoisotopic (exact) mass is 472 g/mol. The second-order valence-corrected chi connectivity index (χ2v) is 8.41. The number of primary amides is 1. The van der Waals surface area contributed by atoms with Crippen LogP contribution in [0.4, 0.5) is 5.82 Å². The largest absolute Gasteiger partial charge is 0.366 e. The third-order valence-corrected chi connectivity index (χ3v) is 5.91. The molecular formula is C30H24N4O2. The van der Waals surface area contributed by atoms with Crippen LogP contribution in [0.2, 0.25) is 0 Å². The van der Waals surface area contributed by atoms with E-state index in [4.69, 9.17) is 5.73 Å². The molecule has 0 fully saturated rings. The molecule has 0 unspecified atom stereocenters. The lowest BCUT2D eigenvalue weighted by Gasteiger charge is -2.07. The number of aromatic nitrogens is 2. The van der Waals surface area contributed by atoms with E-state index >= 15 is 0 Å². The lowest BCUT2D eigenvalue weighted by atomic mass is 10.0. The maximum Gasteiger partial charge on any atom is 0.249 e. The number of hydrogen-bond donors (Lipinski definition) is 3. The quantitative estimate of drug-likeness (QED) is 0.275. The summed E-state index contributed by atoms with van der Waals surface area (Å²) in [6.07, 6.45) is 3.76. The van der Waals surface area contributed by atoms with Crippen molar-refractivity contribution in [2.45, 2.75) is 6.42 Å². The normalized spacial score (nSPS) is 11.4. The summed E-state index contributed by atoms with van der Waals surface area (Å²) < 4.78 is 0. The summed E-state index contributed by atoms with van der Waals surface area (Å²) in [5.74, 6) is -0.214. The average molecular weight is 473 g/mol. The number of benzene rings is 3. The molecule has 0 atom stereocenters. The summed E-state index contributed by atoms with van der Waals surface area (Å²) in [7, 11) is 0. The first-order chi connectivity index (χ1) is 17.6. The lowest BCUT2D eigenvalue weighted by molar-refractivity contribution is -0.115. The molecule has 2 amide bonds. The van der Waals surface area contributed by atoms with Gasteiger partial charge in [-0.15, -0.1) is 0 Å². The van der Waals surface area contributed by atoms with E-state index in [1.54, 1.807) is 18.3 Å². The van der Waals surface area contributed by atoms with Gasteiger partial charge in [-0.1, -0.05) is 84.9 Å². The molecule has 0 bridgehead atoms. The van der Waals surface area contributed by atoms with E-state index in [9.17, 15) is 9.59 Å². The zero-order chi connectivity index (χ0) is 24.9. The number of rotatable bonds is 7. The van der Waals surface area contributed by atoms with Gasteiger partial charge in [0.25, 0.3) is 0 Å². The van der Waals surface area contributed by atoms with E-state index in [2.05, 4.69) is 27.4 Å². The molecule has 5 rings (SSSR count). The van der Waals surface area contributed by atoms with Crippen molar-refractivity contribution in [3.8, 4) is 11.1 Å². The second kappa shape index (κ2) is 10.1. The Kier molecular flexibility index (Phi) is 6.40. The van der Waals surface area contributed by atoms with Crippen LogP contribution in [-0.2, 0) is 16.0 Å². The Morgan fingerprint density at radius 1 is 0.833 bits per heavy atom. The molecule has 2 heterocycles. The number of pyridine rings is 1. The highest BCUT2D eigenvalue weighted by molar-refractivity contribution is 6.24. The number of aromatic amines is 1. The molecular weight excluding hydrogens is 448 g/mol. The van der Waals surface area contributed by atoms with E-state index in [0.29, 0.717) is 17.0 Å². The first-order valence-corrected chi connectivity index (χ1v) is 11.6. The Morgan fingerprint density at radius 2 is 1.50 bits per heavy atom. The van der Waals surface area contributed by atoms with Gasteiger partial charge in [0.2, 0.25) is 11.8 Å². The molecule has 3 aromatic carbocycles. The Hall–Kier alpha value is -4.97. The molecule has 36 heavy (non-hydrogen) atoms. The molecule has 176 valence electrons. The Morgan fingerprint density at radius 3 is 2.19 bits per heavy atom. The molecule has 0 aliphatic rings. The van der Waals surface area contributed by atoms with Crippen molar-refractivity contribution in [3.05, 3.63) is 120 Å². The van der Waals surface area contributed by atoms with Gasteiger partial charge >= 0.3 is 0 Å². The average Bonchev–Trinajstić information content (AvgIpc) is 3.30. The topological polar surface area (TPSA) is 101 Å². The van der Waals surface area contributed by atoms with Gasteiger partial charge in [0, 0.05) is 22.7 Å². The molecule has 6 nitrogen and oxygen atoms in total. The van der Waals surface area contributed by atoms with Crippen LogP contribution in [0, 0.1) is 0 Å². The summed E-state index contributed by atoms with van der Waals surface area (Å²) in [5.41, 5.74) is 11.3. The first kappa shape index (κ1) is 22.8. The highest BCUT2D eigenvalue weighted by Crippen LogP contribution is 2.25. The highest BCUT2D eigenvalue weighted by Gasteiger charge is 2.12. The molecule has 0 radical (unpaired) electrons. The van der Waals surface area contributed by atoms with E-state index in [0.717, 1.165) is 33.2 Å². The molecule has 6 heteroatoms. The van der Waals surface area contributed by atoms with Gasteiger partial charge in [0.05, 0.1) is 6.42 Å².